The van der Waals surface area contributed by atoms with E-state index in [2.05, 4.69) is 15.5 Å². The lowest BCUT2D eigenvalue weighted by Gasteiger charge is -2.16. The van der Waals surface area contributed by atoms with Crippen molar-refractivity contribution in [1.82, 2.24) is 15.5 Å². The Bertz CT molecular complexity index is 890. The third-order valence-corrected chi connectivity index (χ3v) is 4.20. The Hall–Kier alpha value is -3.28. The van der Waals surface area contributed by atoms with Gasteiger partial charge in [-0.25, -0.2) is 0 Å². The van der Waals surface area contributed by atoms with Gasteiger partial charge in [0.05, 0.1) is 37.7 Å². The standard InChI is InChI=1S/C20H21N3O3/c1-13(15-9-10-17(25-2)18(11-15)26-3)22-20(24)16-12-21-23-19(16)14-7-5-4-6-8-14/h4-13H,1-3H3,(H,21,23)(H,22,24). The molecule has 0 bridgehead atoms. The van der Waals surface area contributed by atoms with Gasteiger partial charge in [0, 0.05) is 5.56 Å². The monoisotopic (exact) mass is 351 g/mol. The highest BCUT2D eigenvalue weighted by Gasteiger charge is 2.18. The molecule has 1 unspecified atom stereocenters. The van der Waals surface area contributed by atoms with Crippen molar-refractivity contribution < 1.29 is 14.3 Å². The van der Waals surface area contributed by atoms with Crippen LogP contribution in [0.3, 0.4) is 0 Å². The lowest BCUT2D eigenvalue weighted by atomic mass is 10.1. The maximum Gasteiger partial charge on any atom is 0.255 e. The van der Waals surface area contributed by atoms with Gasteiger partial charge in [-0.2, -0.15) is 5.10 Å². The van der Waals surface area contributed by atoms with E-state index < -0.39 is 0 Å². The first-order valence-electron chi connectivity index (χ1n) is 8.25. The normalized spacial score (nSPS) is 11.7. The summed E-state index contributed by atoms with van der Waals surface area (Å²) in [4.78, 5) is 12.7. The molecule has 0 spiro atoms. The first kappa shape index (κ1) is 17.5. The van der Waals surface area contributed by atoms with Gasteiger partial charge in [0.15, 0.2) is 11.5 Å². The van der Waals surface area contributed by atoms with Crippen LogP contribution in [0.15, 0.2) is 54.7 Å². The summed E-state index contributed by atoms with van der Waals surface area (Å²) in [6, 6.07) is 15.0. The number of hydrogen-bond acceptors (Lipinski definition) is 4. The number of nitrogens with one attached hydrogen (secondary N) is 2. The number of aromatic amines is 1. The molecule has 6 nitrogen and oxygen atoms in total. The van der Waals surface area contributed by atoms with Gasteiger partial charge >= 0.3 is 0 Å². The van der Waals surface area contributed by atoms with Crippen LogP contribution < -0.4 is 14.8 Å². The van der Waals surface area contributed by atoms with E-state index in [1.807, 2.05) is 55.5 Å². The summed E-state index contributed by atoms with van der Waals surface area (Å²) in [5.74, 6) is 1.08. The van der Waals surface area contributed by atoms with E-state index in [-0.39, 0.29) is 11.9 Å². The molecule has 0 saturated carbocycles. The van der Waals surface area contributed by atoms with Crippen molar-refractivity contribution in [1.29, 1.82) is 0 Å². The number of carbonyl (C=O) groups is 1. The van der Waals surface area contributed by atoms with Crippen molar-refractivity contribution in [3.05, 3.63) is 65.9 Å². The van der Waals surface area contributed by atoms with E-state index in [1.54, 1.807) is 20.4 Å². The highest BCUT2D eigenvalue weighted by Crippen LogP contribution is 2.30. The second kappa shape index (κ2) is 7.74. The third kappa shape index (κ3) is 3.54. The Morgan fingerprint density at radius 1 is 1.08 bits per heavy atom. The minimum absolute atomic E-state index is 0.195. The molecule has 6 heteroatoms. The van der Waals surface area contributed by atoms with E-state index in [1.165, 1.54) is 0 Å². The summed E-state index contributed by atoms with van der Waals surface area (Å²) in [5.41, 5.74) is 3.03. The van der Waals surface area contributed by atoms with Crippen LogP contribution in [0.2, 0.25) is 0 Å². The predicted octanol–water partition coefficient (Wildman–Crippen LogP) is 3.58. The lowest BCUT2D eigenvalue weighted by Crippen LogP contribution is -2.26. The number of carbonyl (C=O) groups excluding carboxylic acids is 1. The van der Waals surface area contributed by atoms with E-state index in [4.69, 9.17) is 9.47 Å². The Labute approximate surface area is 152 Å². The minimum Gasteiger partial charge on any atom is -0.493 e. The molecule has 0 aliphatic rings. The zero-order valence-corrected chi connectivity index (χ0v) is 14.9. The average molecular weight is 351 g/mol. The van der Waals surface area contributed by atoms with E-state index in [0.717, 1.165) is 11.1 Å². The Morgan fingerprint density at radius 3 is 2.50 bits per heavy atom. The van der Waals surface area contributed by atoms with Crippen LogP contribution >= 0.6 is 0 Å². The lowest BCUT2D eigenvalue weighted by molar-refractivity contribution is 0.0940. The highest BCUT2D eigenvalue weighted by molar-refractivity contribution is 5.99. The maximum atomic E-state index is 12.7. The zero-order chi connectivity index (χ0) is 18.5. The number of ether oxygens (including phenoxy) is 2. The van der Waals surface area contributed by atoms with Gasteiger partial charge in [-0.15, -0.1) is 0 Å². The van der Waals surface area contributed by atoms with E-state index in [9.17, 15) is 4.79 Å². The van der Waals surface area contributed by atoms with Gasteiger partial charge in [0.25, 0.3) is 5.91 Å². The predicted molar refractivity (Wildman–Crippen MR) is 99.5 cm³/mol. The topological polar surface area (TPSA) is 76.2 Å². The van der Waals surface area contributed by atoms with Crippen molar-refractivity contribution in [3.63, 3.8) is 0 Å². The fourth-order valence-corrected chi connectivity index (χ4v) is 2.76. The number of rotatable bonds is 6. The molecular formula is C20H21N3O3. The van der Waals surface area contributed by atoms with Crippen LogP contribution in [-0.4, -0.2) is 30.3 Å². The molecule has 3 aromatic rings. The largest absolute Gasteiger partial charge is 0.493 e. The fraction of sp³-hybridized carbons (Fsp3) is 0.200. The molecule has 0 aliphatic carbocycles. The molecule has 0 aliphatic heterocycles. The van der Waals surface area contributed by atoms with Gasteiger partial charge in [0.2, 0.25) is 0 Å². The molecule has 0 fully saturated rings. The summed E-state index contributed by atoms with van der Waals surface area (Å²) in [6.07, 6.45) is 1.54. The molecule has 2 aromatic carbocycles. The number of methoxy groups -OCH3 is 2. The third-order valence-electron chi connectivity index (χ3n) is 4.20. The van der Waals surface area contributed by atoms with Crippen molar-refractivity contribution in [2.45, 2.75) is 13.0 Å². The summed E-state index contributed by atoms with van der Waals surface area (Å²) in [6.45, 7) is 1.92. The molecule has 1 heterocycles. The van der Waals surface area contributed by atoms with Crippen molar-refractivity contribution in [3.8, 4) is 22.8 Å². The fourth-order valence-electron chi connectivity index (χ4n) is 2.76. The van der Waals surface area contributed by atoms with Crippen LogP contribution in [0.1, 0.15) is 28.9 Å². The molecule has 1 aromatic heterocycles. The average Bonchev–Trinajstić information content (AvgIpc) is 3.18. The molecule has 2 N–H and O–H groups in total. The minimum atomic E-state index is -0.208. The van der Waals surface area contributed by atoms with Gasteiger partial charge in [-0.1, -0.05) is 36.4 Å². The summed E-state index contributed by atoms with van der Waals surface area (Å²) < 4.78 is 10.6. The number of hydrogen-bond donors (Lipinski definition) is 2. The molecule has 26 heavy (non-hydrogen) atoms. The smallest absolute Gasteiger partial charge is 0.255 e. The zero-order valence-electron chi connectivity index (χ0n) is 14.9. The number of amides is 1. The van der Waals surface area contributed by atoms with Gasteiger partial charge in [-0.05, 0) is 24.6 Å². The van der Waals surface area contributed by atoms with Crippen LogP contribution in [-0.2, 0) is 0 Å². The molecule has 1 amide bonds. The molecule has 0 saturated heterocycles. The van der Waals surface area contributed by atoms with Crippen LogP contribution in [0.5, 0.6) is 11.5 Å². The number of benzene rings is 2. The van der Waals surface area contributed by atoms with Crippen LogP contribution in [0.25, 0.3) is 11.3 Å². The van der Waals surface area contributed by atoms with E-state index in [0.29, 0.717) is 22.8 Å². The Balaban J connectivity index is 1.80. The maximum absolute atomic E-state index is 12.7. The summed E-state index contributed by atoms with van der Waals surface area (Å²) >= 11 is 0. The summed E-state index contributed by atoms with van der Waals surface area (Å²) in [7, 11) is 3.18. The first-order valence-corrected chi connectivity index (χ1v) is 8.25. The number of nitrogens with zero attached hydrogens (tertiary/aromatic N) is 1. The van der Waals surface area contributed by atoms with Gasteiger partial charge < -0.3 is 14.8 Å². The quantitative estimate of drug-likeness (QED) is 0.712. The second-order valence-corrected chi connectivity index (χ2v) is 5.83. The highest BCUT2D eigenvalue weighted by atomic mass is 16.5. The SMILES string of the molecule is COc1ccc(C(C)NC(=O)c2cn[nH]c2-c2ccccc2)cc1OC. The second-order valence-electron chi connectivity index (χ2n) is 5.83. The Morgan fingerprint density at radius 2 is 1.81 bits per heavy atom. The van der Waals surface area contributed by atoms with Crippen LogP contribution in [0.4, 0.5) is 0 Å². The van der Waals surface area contributed by atoms with Crippen molar-refractivity contribution in [2.75, 3.05) is 14.2 Å². The van der Waals surface area contributed by atoms with Crippen molar-refractivity contribution in [2.24, 2.45) is 0 Å². The first-order chi connectivity index (χ1) is 12.6. The molecule has 0 radical (unpaired) electrons. The number of H-pyrrole nitrogens is 1. The van der Waals surface area contributed by atoms with Gasteiger partial charge in [0.1, 0.15) is 0 Å². The van der Waals surface area contributed by atoms with E-state index >= 15 is 0 Å². The van der Waals surface area contributed by atoms with Crippen molar-refractivity contribution >= 4 is 5.91 Å². The summed E-state index contributed by atoms with van der Waals surface area (Å²) in [5, 5.41) is 9.93. The molecule has 3 rings (SSSR count). The molecule has 134 valence electrons. The number of aromatic nitrogens is 2. The van der Waals surface area contributed by atoms with Crippen LogP contribution in [0, 0.1) is 0 Å². The van der Waals surface area contributed by atoms with Gasteiger partial charge in [-0.3, -0.25) is 9.89 Å². The Kier molecular flexibility index (Phi) is 5.22. The molecular weight excluding hydrogens is 330 g/mol. The molecule has 1 atom stereocenters.